The van der Waals surface area contributed by atoms with Crippen molar-refractivity contribution in [3.05, 3.63) is 80.5 Å². The third kappa shape index (κ3) is 6.04. The van der Waals surface area contributed by atoms with Crippen molar-refractivity contribution in [3.8, 4) is 0 Å². The molecular weight excluding hydrogens is 639 g/mol. The number of pyridine rings is 1. The Bertz CT molecular complexity index is 2430. The van der Waals surface area contributed by atoms with E-state index >= 15 is 4.39 Å². The number of hydrogen-bond acceptors (Lipinski definition) is 8. The van der Waals surface area contributed by atoms with Gasteiger partial charge in [-0.25, -0.2) is 4.39 Å². The maximum absolute atomic E-state index is 16.0. The highest BCUT2D eigenvalue weighted by molar-refractivity contribution is 6.15. The zero-order valence-electron chi connectivity index (χ0n) is 29.0. The van der Waals surface area contributed by atoms with Gasteiger partial charge >= 0.3 is 5.97 Å². The number of fused-ring (bicyclic) bond motifs is 5. The average molecular weight is 681 g/mol. The number of nitrogens with zero attached hydrogens (tertiary/aromatic N) is 3. The first-order chi connectivity index (χ1) is 23.8. The molecule has 1 amide bonds. The van der Waals surface area contributed by atoms with Crippen LogP contribution in [0.15, 0.2) is 62.7 Å². The molecule has 0 radical (unpaired) electrons. The van der Waals surface area contributed by atoms with E-state index in [0.29, 0.717) is 52.3 Å². The average Bonchev–Trinajstić information content (AvgIpc) is 3.63. The largest absolute Gasteiger partial charge is 0.460 e. The summed E-state index contributed by atoms with van der Waals surface area (Å²) in [5, 5.41) is 5.72. The Labute approximate surface area is 287 Å². The van der Waals surface area contributed by atoms with Crippen LogP contribution in [0.5, 0.6) is 0 Å². The topological polar surface area (TPSA) is 114 Å². The number of likely N-dealkylation sites (tertiary alicyclic amines) is 1. The molecule has 1 fully saturated rings. The number of carbonyl (C=O) groups is 2. The third-order valence-corrected chi connectivity index (χ3v) is 9.49. The number of rotatable bonds is 9. The van der Waals surface area contributed by atoms with Crippen LogP contribution in [-0.2, 0) is 9.53 Å². The number of unbranched alkanes of at least 4 members (excludes halogenated alkanes) is 1. The van der Waals surface area contributed by atoms with E-state index in [9.17, 15) is 19.2 Å². The molecule has 4 aromatic carbocycles. The first kappa shape index (κ1) is 33.5. The van der Waals surface area contributed by atoms with Gasteiger partial charge in [-0.05, 0) is 95.6 Å². The van der Waals surface area contributed by atoms with Crippen LogP contribution in [0.1, 0.15) is 56.8 Å². The second-order valence-electron chi connectivity index (χ2n) is 14.7. The van der Waals surface area contributed by atoms with Crippen molar-refractivity contribution in [1.29, 1.82) is 0 Å². The van der Waals surface area contributed by atoms with E-state index in [2.05, 4.69) is 10.2 Å². The van der Waals surface area contributed by atoms with Gasteiger partial charge in [0.25, 0.3) is 5.91 Å². The summed E-state index contributed by atoms with van der Waals surface area (Å²) in [4.78, 5) is 57.7. The predicted octanol–water partition coefficient (Wildman–Crippen LogP) is 6.39. The number of hydrogen-bond donors (Lipinski definition) is 1. The minimum atomic E-state index is -0.681. The summed E-state index contributed by atoms with van der Waals surface area (Å²) in [6.45, 7) is 7.44. The lowest BCUT2D eigenvalue weighted by Crippen LogP contribution is -2.33. The summed E-state index contributed by atoms with van der Waals surface area (Å²) in [7, 11) is 3.99. The highest BCUT2D eigenvalue weighted by Crippen LogP contribution is 2.36. The SMILES string of the molecule is CN(C)CCCCNc1c(F)cc2c(=O)c(C(=O)N3CC[C@H](CC(=O)OC(C)(C)C)C3)cn3c4cc5c(cc4oc1c23)c(=O)c1ccccc15. The van der Waals surface area contributed by atoms with Crippen LogP contribution in [0.25, 0.3) is 49.1 Å². The van der Waals surface area contributed by atoms with Crippen LogP contribution in [-0.4, -0.2) is 72.0 Å². The monoisotopic (exact) mass is 680 g/mol. The second-order valence-corrected chi connectivity index (χ2v) is 14.7. The smallest absolute Gasteiger partial charge is 0.306 e. The standard InChI is InChI=1S/C39H41FN4O6/c1-39(2,3)50-32(45)16-22-12-15-43(20-22)38(48)28-21-44-30-18-25-23-10-6-7-11-24(23)35(46)26(25)19-31(30)49-37-33(41-13-8-9-14-42(4)5)29(40)17-27(34(37)44)36(28)47/h6-7,10-11,17-19,21-22,41H,8-9,12-16,20H2,1-5H3/t22-/m1/s1. The van der Waals surface area contributed by atoms with Gasteiger partial charge in [0.15, 0.2) is 22.4 Å². The number of halogens is 1. The first-order valence-electron chi connectivity index (χ1n) is 17.1. The molecule has 1 aliphatic rings. The van der Waals surface area contributed by atoms with Gasteiger partial charge in [-0.3, -0.25) is 19.2 Å². The molecule has 260 valence electrons. The zero-order valence-corrected chi connectivity index (χ0v) is 29.0. The van der Waals surface area contributed by atoms with Gasteiger partial charge in [-0.1, -0.05) is 24.3 Å². The number of amides is 1. The number of aromatic nitrogens is 1. The molecule has 1 N–H and O–H groups in total. The van der Waals surface area contributed by atoms with Crippen LogP contribution in [0.3, 0.4) is 0 Å². The summed E-state index contributed by atoms with van der Waals surface area (Å²) >= 11 is 0. The van der Waals surface area contributed by atoms with Crippen molar-refractivity contribution in [3.63, 3.8) is 0 Å². The van der Waals surface area contributed by atoms with Crippen molar-refractivity contribution in [2.24, 2.45) is 5.92 Å². The van der Waals surface area contributed by atoms with E-state index in [1.54, 1.807) is 21.4 Å². The summed E-state index contributed by atoms with van der Waals surface area (Å²) in [6, 6.07) is 12.0. The summed E-state index contributed by atoms with van der Waals surface area (Å²) in [6.07, 6.45) is 3.93. The molecule has 0 bridgehead atoms. The fraction of sp³-hybridized carbons (Fsp3) is 0.385. The minimum absolute atomic E-state index is 0.00800. The van der Waals surface area contributed by atoms with Gasteiger partial charge in [-0.2, -0.15) is 0 Å². The molecular formula is C39H41FN4O6. The molecule has 0 aliphatic carbocycles. The van der Waals surface area contributed by atoms with Gasteiger partial charge in [0, 0.05) is 36.6 Å². The number of esters is 1. The lowest BCUT2D eigenvalue weighted by Gasteiger charge is -2.21. The summed E-state index contributed by atoms with van der Waals surface area (Å²) in [5.41, 5.74) is -0.0820. The molecule has 50 heavy (non-hydrogen) atoms. The molecule has 0 saturated carbocycles. The summed E-state index contributed by atoms with van der Waals surface area (Å²) < 4.78 is 29.6. The van der Waals surface area contributed by atoms with Gasteiger partial charge in [0.05, 0.1) is 17.3 Å². The van der Waals surface area contributed by atoms with Gasteiger partial charge in [-0.15, -0.1) is 0 Å². The Hall–Kier alpha value is -5.03. The molecule has 6 aromatic rings. The van der Waals surface area contributed by atoms with E-state index in [0.717, 1.165) is 24.8 Å². The highest BCUT2D eigenvalue weighted by atomic mass is 19.1. The maximum atomic E-state index is 16.0. The molecule has 11 heteroatoms. The lowest BCUT2D eigenvalue weighted by atomic mass is 10.0. The Balaban J connectivity index is 1.37. The van der Waals surface area contributed by atoms with Gasteiger partial charge in [0.2, 0.25) is 5.43 Å². The Morgan fingerprint density at radius 3 is 2.50 bits per heavy atom. The highest BCUT2D eigenvalue weighted by Gasteiger charge is 2.32. The molecule has 1 atom stereocenters. The lowest BCUT2D eigenvalue weighted by molar-refractivity contribution is -0.155. The van der Waals surface area contributed by atoms with Crippen LogP contribution in [0.4, 0.5) is 10.1 Å². The van der Waals surface area contributed by atoms with Crippen molar-refractivity contribution in [2.75, 3.05) is 45.6 Å². The number of carbonyl (C=O) groups excluding carboxylic acids is 2. The molecule has 3 heterocycles. The van der Waals surface area contributed by atoms with Crippen LogP contribution in [0.2, 0.25) is 0 Å². The molecule has 7 rings (SSSR count). The Kier molecular flexibility index (Phi) is 8.50. The van der Waals surface area contributed by atoms with Gasteiger partial charge < -0.3 is 28.7 Å². The van der Waals surface area contributed by atoms with E-state index in [4.69, 9.17) is 9.15 Å². The van der Waals surface area contributed by atoms with E-state index in [-0.39, 0.29) is 52.5 Å². The number of nitrogens with one attached hydrogen (secondary N) is 1. The molecule has 0 unspecified atom stereocenters. The molecule has 1 saturated heterocycles. The fourth-order valence-corrected chi connectivity index (χ4v) is 7.19. The zero-order chi connectivity index (χ0) is 35.5. The fourth-order valence-electron chi connectivity index (χ4n) is 7.19. The molecule has 1 aliphatic heterocycles. The number of benzene rings is 3. The van der Waals surface area contributed by atoms with Crippen molar-refractivity contribution in [1.82, 2.24) is 14.2 Å². The van der Waals surface area contributed by atoms with E-state index in [1.807, 2.05) is 59.1 Å². The van der Waals surface area contributed by atoms with Crippen molar-refractivity contribution < 1.29 is 23.1 Å². The molecule has 2 aromatic heterocycles. The van der Waals surface area contributed by atoms with Crippen LogP contribution in [0, 0.1) is 11.7 Å². The van der Waals surface area contributed by atoms with Crippen LogP contribution >= 0.6 is 0 Å². The quantitative estimate of drug-likeness (QED) is 0.0810. The Morgan fingerprint density at radius 2 is 1.76 bits per heavy atom. The third-order valence-electron chi connectivity index (χ3n) is 9.49. The molecule has 10 nitrogen and oxygen atoms in total. The van der Waals surface area contributed by atoms with E-state index < -0.39 is 22.8 Å². The molecule has 0 spiro atoms. The Morgan fingerprint density at radius 1 is 1.00 bits per heavy atom. The summed E-state index contributed by atoms with van der Waals surface area (Å²) in [5.74, 6) is -1.62. The number of ether oxygens (including phenoxy) is 1. The van der Waals surface area contributed by atoms with E-state index in [1.165, 1.54) is 12.3 Å². The van der Waals surface area contributed by atoms with Crippen LogP contribution < -0.4 is 16.2 Å². The number of anilines is 1. The second kappa shape index (κ2) is 12.7. The maximum Gasteiger partial charge on any atom is 0.306 e. The predicted molar refractivity (Wildman–Crippen MR) is 194 cm³/mol. The van der Waals surface area contributed by atoms with Gasteiger partial charge in [0.1, 0.15) is 22.4 Å². The normalized spacial score (nSPS) is 15.4. The van der Waals surface area contributed by atoms with Crippen molar-refractivity contribution in [2.45, 2.75) is 52.1 Å². The first-order valence-corrected chi connectivity index (χ1v) is 17.1. The minimum Gasteiger partial charge on any atom is -0.460 e. The van der Waals surface area contributed by atoms with Crippen molar-refractivity contribution >= 4 is 66.7 Å².